The van der Waals surface area contributed by atoms with Crippen molar-refractivity contribution >= 4 is 15.9 Å². The summed E-state index contributed by atoms with van der Waals surface area (Å²) >= 11 is 0. The topological polar surface area (TPSA) is 63.2 Å². The van der Waals surface area contributed by atoms with Gasteiger partial charge in [0.1, 0.15) is 0 Å². The van der Waals surface area contributed by atoms with E-state index in [2.05, 4.69) is 6.58 Å². The van der Waals surface area contributed by atoms with Crippen LogP contribution in [0.5, 0.6) is 0 Å². The highest BCUT2D eigenvalue weighted by Crippen LogP contribution is 2.29. The maximum Gasteiger partial charge on any atom is 0.266 e. The van der Waals surface area contributed by atoms with Gasteiger partial charge in [-0.2, -0.15) is 0 Å². The minimum Gasteiger partial charge on any atom is -0.268 e. The minimum atomic E-state index is -3.57. The molecule has 0 atom stereocenters. The summed E-state index contributed by atoms with van der Waals surface area (Å²) in [7, 11) is -3.57. The van der Waals surface area contributed by atoms with Crippen molar-refractivity contribution in [3.8, 4) is 0 Å². The summed E-state index contributed by atoms with van der Waals surface area (Å²) < 4.78 is 24.4. The second-order valence-electron chi connectivity index (χ2n) is 2.92. The predicted molar refractivity (Wildman–Crippen MR) is 47.0 cm³/mol. The number of allylic oxidation sites excluding steroid dienone is 3. The van der Waals surface area contributed by atoms with E-state index in [1.54, 1.807) is 0 Å². The van der Waals surface area contributed by atoms with E-state index in [4.69, 9.17) is 0 Å². The van der Waals surface area contributed by atoms with E-state index >= 15 is 0 Å². The molecule has 2 aliphatic rings. The fourth-order valence-corrected chi connectivity index (χ4v) is 2.54. The molecule has 1 heterocycles. The number of amides is 1. The van der Waals surface area contributed by atoms with Gasteiger partial charge in [0.05, 0.1) is 10.5 Å². The Morgan fingerprint density at radius 3 is 2.85 bits per heavy atom. The lowest BCUT2D eigenvalue weighted by Crippen LogP contribution is -2.20. The van der Waals surface area contributed by atoms with Gasteiger partial charge in [0.25, 0.3) is 15.9 Å². The van der Waals surface area contributed by atoms with Gasteiger partial charge < -0.3 is 0 Å². The number of rotatable bonds is 0. The Morgan fingerprint density at radius 2 is 2.15 bits per heavy atom. The fourth-order valence-electron chi connectivity index (χ4n) is 1.33. The summed E-state index contributed by atoms with van der Waals surface area (Å²) in [6, 6.07) is 0. The van der Waals surface area contributed by atoms with Crippen molar-refractivity contribution in [2.75, 3.05) is 0 Å². The summed E-state index contributed by atoms with van der Waals surface area (Å²) in [5.74, 6) is -0.563. The van der Waals surface area contributed by atoms with Gasteiger partial charge in [-0.25, -0.2) is 13.1 Å². The Balaban J connectivity index is 2.65. The largest absolute Gasteiger partial charge is 0.268 e. The van der Waals surface area contributed by atoms with Gasteiger partial charge in [0.2, 0.25) is 0 Å². The van der Waals surface area contributed by atoms with Crippen LogP contribution in [0, 0.1) is 0 Å². The van der Waals surface area contributed by atoms with Crippen LogP contribution in [0.4, 0.5) is 0 Å². The Kier molecular flexibility index (Phi) is 1.47. The van der Waals surface area contributed by atoms with E-state index in [9.17, 15) is 13.2 Å². The van der Waals surface area contributed by atoms with Gasteiger partial charge in [-0.15, -0.1) is 0 Å². The molecule has 1 saturated heterocycles. The van der Waals surface area contributed by atoms with Gasteiger partial charge in [-0.05, 0) is 12.5 Å². The van der Waals surface area contributed by atoms with Crippen molar-refractivity contribution in [3.63, 3.8) is 0 Å². The molecule has 0 radical (unpaired) electrons. The number of sulfonamides is 1. The average molecular weight is 197 g/mol. The fraction of sp³-hybridized carbons (Fsp3) is 0.125. The molecule has 0 aromatic heterocycles. The summed E-state index contributed by atoms with van der Waals surface area (Å²) in [4.78, 5) is 11.2. The molecule has 1 fully saturated rings. The van der Waals surface area contributed by atoms with Gasteiger partial charge in [-0.3, -0.25) is 4.79 Å². The second kappa shape index (κ2) is 2.32. The zero-order valence-corrected chi connectivity index (χ0v) is 7.52. The molecule has 0 spiro atoms. The van der Waals surface area contributed by atoms with Crippen LogP contribution in [0.3, 0.4) is 0 Å². The first-order valence-electron chi connectivity index (χ1n) is 3.68. The lowest BCUT2D eigenvalue weighted by Gasteiger charge is -2.04. The quantitative estimate of drug-likeness (QED) is 0.604. The van der Waals surface area contributed by atoms with E-state index < -0.39 is 15.9 Å². The summed E-state index contributed by atoms with van der Waals surface area (Å²) in [6.45, 7) is 3.66. The minimum absolute atomic E-state index is 0.0879. The zero-order valence-electron chi connectivity index (χ0n) is 6.70. The van der Waals surface area contributed by atoms with Crippen molar-refractivity contribution in [2.24, 2.45) is 0 Å². The van der Waals surface area contributed by atoms with Crippen molar-refractivity contribution < 1.29 is 13.2 Å². The summed E-state index contributed by atoms with van der Waals surface area (Å²) in [5, 5.41) is 0. The number of hydrogen-bond acceptors (Lipinski definition) is 3. The highest BCUT2D eigenvalue weighted by Gasteiger charge is 2.36. The van der Waals surface area contributed by atoms with Crippen LogP contribution in [0.15, 0.2) is 34.8 Å². The van der Waals surface area contributed by atoms with E-state index in [-0.39, 0.29) is 10.5 Å². The number of carbonyl (C=O) groups excluding carboxylic acids is 1. The molecule has 68 valence electrons. The van der Waals surface area contributed by atoms with Crippen LogP contribution in [-0.4, -0.2) is 14.3 Å². The van der Waals surface area contributed by atoms with Crippen LogP contribution in [-0.2, 0) is 14.8 Å². The molecule has 1 N–H and O–H groups in total. The van der Waals surface area contributed by atoms with Crippen LogP contribution in [0.25, 0.3) is 0 Å². The summed E-state index contributed by atoms with van der Waals surface area (Å²) in [6.07, 6.45) is 3.49. The Morgan fingerprint density at radius 1 is 1.46 bits per heavy atom. The average Bonchev–Trinajstić information content (AvgIpc) is 2.22. The molecule has 0 aromatic carbocycles. The molecule has 2 rings (SSSR count). The normalized spacial score (nSPS) is 24.6. The maximum atomic E-state index is 11.2. The molecule has 1 aliphatic heterocycles. The van der Waals surface area contributed by atoms with Crippen molar-refractivity contribution in [1.29, 1.82) is 0 Å². The monoisotopic (exact) mass is 197 g/mol. The van der Waals surface area contributed by atoms with Crippen LogP contribution >= 0.6 is 0 Å². The SMILES string of the molecule is C=C1C=C2C(=O)NS(=O)(=O)C2=CC1. The van der Waals surface area contributed by atoms with Gasteiger partial charge in [0.15, 0.2) is 0 Å². The Bertz CT molecular complexity index is 468. The predicted octanol–water partition coefficient (Wildman–Crippen LogP) is 0.216. The lowest BCUT2D eigenvalue weighted by atomic mass is 10.0. The maximum absolute atomic E-state index is 11.2. The molecule has 0 unspecified atom stereocenters. The third-order valence-electron chi connectivity index (χ3n) is 1.92. The highest BCUT2D eigenvalue weighted by atomic mass is 32.2. The van der Waals surface area contributed by atoms with Crippen LogP contribution in [0.2, 0.25) is 0 Å². The number of hydrogen-bond donors (Lipinski definition) is 1. The van der Waals surface area contributed by atoms with E-state index in [1.807, 2.05) is 4.72 Å². The van der Waals surface area contributed by atoms with E-state index in [1.165, 1.54) is 12.2 Å². The molecular formula is C8H7NO3S. The Labute approximate surface area is 75.7 Å². The molecule has 0 saturated carbocycles. The van der Waals surface area contributed by atoms with Crippen LogP contribution in [0.1, 0.15) is 6.42 Å². The number of fused-ring (bicyclic) bond motifs is 1. The molecule has 0 aromatic rings. The van der Waals surface area contributed by atoms with Gasteiger partial charge >= 0.3 is 0 Å². The molecule has 1 aliphatic carbocycles. The summed E-state index contributed by atoms with van der Waals surface area (Å²) in [5.41, 5.74) is 0.947. The number of nitrogens with one attached hydrogen (secondary N) is 1. The van der Waals surface area contributed by atoms with Gasteiger partial charge in [-0.1, -0.05) is 18.2 Å². The molecule has 4 nitrogen and oxygen atoms in total. The lowest BCUT2D eigenvalue weighted by molar-refractivity contribution is -0.115. The molecule has 0 bridgehead atoms. The second-order valence-corrected chi connectivity index (χ2v) is 4.57. The molecule has 5 heteroatoms. The van der Waals surface area contributed by atoms with Crippen molar-refractivity contribution in [1.82, 2.24) is 4.72 Å². The van der Waals surface area contributed by atoms with Crippen molar-refractivity contribution in [3.05, 3.63) is 34.8 Å². The third-order valence-corrected chi connectivity index (χ3v) is 3.34. The first-order valence-corrected chi connectivity index (χ1v) is 5.16. The molecular weight excluding hydrogens is 190 g/mol. The first-order chi connectivity index (χ1) is 6.00. The number of carbonyl (C=O) groups is 1. The van der Waals surface area contributed by atoms with Gasteiger partial charge in [0, 0.05) is 0 Å². The molecule has 1 amide bonds. The third kappa shape index (κ3) is 1.12. The Hall–Kier alpha value is -1.36. The standard InChI is InChI=1S/C8H7NO3S/c1-5-2-3-7-6(4-5)8(10)9-13(7,11)12/h3-4H,1-2H2,(H,9,10). The van der Waals surface area contributed by atoms with E-state index in [0.29, 0.717) is 6.42 Å². The van der Waals surface area contributed by atoms with E-state index in [0.717, 1.165) is 5.57 Å². The highest BCUT2D eigenvalue weighted by molar-refractivity contribution is 7.95. The van der Waals surface area contributed by atoms with Crippen LogP contribution < -0.4 is 4.72 Å². The molecule has 13 heavy (non-hydrogen) atoms. The smallest absolute Gasteiger partial charge is 0.266 e. The van der Waals surface area contributed by atoms with Crippen molar-refractivity contribution in [2.45, 2.75) is 6.42 Å². The zero-order chi connectivity index (χ0) is 9.64. The first kappa shape index (κ1) is 8.25.